The lowest BCUT2D eigenvalue weighted by Crippen LogP contribution is -2.46. The molecule has 0 unspecified atom stereocenters. The maximum absolute atomic E-state index is 14.9. The zero-order chi connectivity index (χ0) is 26.5. The number of benzene rings is 3. The number of anilines is 1. The lowest BCUT2D eigenvalue weighted by molar-refractivity contribution is -0.143. The smallest absolute Gasteiger partial charge is 0.321 e. The molecule has 2 atom stereocenters. The van der Waals surface area contributed by atoms with Crippen LogP contribution in [0.3, 0.4) is 0 Å². The summed E-state index contributed by atoms with van der Waals surface area (Å²) in [5.41, 5.74) is 1.38. The van der Waals surface area contributed by atoms with Crippen LogP contribution in [-0.4, -0.2) is 33.6 Å². The van der Waals surface area contributed by atoms with E-state index in [1.165, 1.54) is 23.2 Å². The van der Waals surface area contributed by atoms with Gasteiger partial charge in [-0.25, -0.2) is 17.9 Å². The van der Waals surface area contributed by atoms with E-state index in [1.807, 2.05) is 0 Å². The Hall–Kier alpha value is -4.28. The molecule has 2 amide bonds. The molecule has 1 saturated heterocycles. The fraction of sp³-hybridized carbons (Fsp3) is 0.192. The van der Waals surface area contributed by atoms with Gasteiger partial charge in [0.2, 0.25) is 5.91 Å². The second-order valence-corrected chi connectivity index (χ2v) is 8.82. The first-order valence-corrected chi connectivity index (χ1v) is 11.2. The van der Waals surface area contributed by atoms with Crippen LogP contribution in [0, 0.1) is 17.5 Å². The molecule has 0 saturated carbocycles. The van der Waals surface area contributed by atoms with Crippen LogP contribution >= 0.6 is 0 Å². The molecule has 1 aromatic heterocycles. The highest BCUT2D eigenvalue weighted by Gasteiger charge is 2.46. The van der Waals surface area contributed by atoms with E-state index in [0.717, 1.165) is 12.1 Å². The summed E-state index contributed by atoms with van der Waals surface area (Å²) in [4.78, 5) is 26.3. The van der Waals surface area contributed by atoms with Crippen molar-refractivity contribution in [2.45, 2.75) is 31.4 Å². The highest BCUT2D eigenvalue weighted by molar-refractivity contribution is 6.00. The summed E-state index contributed by atoms with van der Waals surface area (Å²) in [7, 11) is 0. The van der Waals surface area contributed by atoms with Crippen molar-refractivity contribution >= 4 is 28.4 Å². The van der Waals surface area contributed by atoms with Crippen molar-refractivity contribution in [3.63, 3.8) is 0 Å². The van der Waals surface area contributed by atoms with Gasteiger partial charge in [0.05, 0.1) is 29.5 Å². The number of alkyl halides is 2. The summed E-state index contributed by atoms with van der Waals surface area (Å²) in [5.74, 6) is -8.14. The molecule has 3 aromatic carbocycles. The van der Waals surface area contributed by atoms with Gasteiger partial charge in [-0.3, -0.25) is 9.59 Å². The molecule has 2 heterocycles. The normalized spacial score (nSPS) is 18.0. The molecule has 1 aliphatic rings. The molecule has 0 radical (unpaired) electrons. The number of aromatic nitrogens is 2. The van der Waals surface area contributed by atoms with E-state index in [0.29, 0.717) is 35.3 Å². The third-order valence-corrected chi connectivity index (χ3v) is 6.22. The summed E-state index contributed by atoms with van der Waals surface area (Å²) < 4.78 is 70.6. The van der Waals surface area contributed by atoms with E-state index in [4.69, 9.17) is 0 Å². The summed E-state index contributed by atoms with van der Waals surface area (Å²) in [5, 5.41) is 7.04. The minimum Gasteiger partial charge on any atom is -0.345 e. The predicted octanol–water partition coefficient (Wildman–Crippen LogP) is 5.06. The lowest BCUT2D eigenvalue weighted by atomic mass is 9.98. The van der Waals surface area contributed by atoms with Gasteiger partial charge in [-0.2, -0.15) is 13.9 Å². The van der Waals surface area contributed by atoms with Crippen LogP contribution in [-0.2, 0) is 9.59 Å². The topological polar surface area (TPSA) is 67.2 Å². The van der Waals surface area contributed by atoms with Gasteiger partial charge < -0.3 is 10.2 Å². The minimum atomic E-state index is -3.73. The van der Waals surface area contributed by atoms with Crippen molar-refractivity contribution < 1.29 is 31.5 Å². The number of hydrogen-bond acceptors (Lipinski definition) is 3. The third kappa shape index (κ3) is 4.52. The lowest BCUT2D eigenvalue weighted by Gasteiger charge is -2.30. The first-order valence-electron chi connectivity index (χ1n) is 11.2. The average molecular weight is 514 g/mol. The van der Waals surface area contributed by atoms with Crippen molar-refractivity contribution in [2.24, 2.45) is 0 Å². The van der Waals surface area contributed by atoms with Crippen LogP contribution in [0.5, 0.6) is 0 Å². The highest BCUT2D eigenvalue weighted by atomic mass is 19.3. The van der Waals surface area contributed by atoms with Gasteiger partial charge in [0.15, 0.2) is 0 Å². The Bertz CT molecular complexity index is 1510. The molecule has 6 nitrogen and oxygen atoms in total. The molecule has 5 rings (SSSR count). The largest absolute Gasteiger partial charge is 0.345 e. The standard InChI is InChI=1S/C26H19F5N4O2/c1-26(30,31)25(37)33-21-12-23(36)34(24(21)19-8-4-16(28)11-20(19)29)18-7-9-22-14(10-18)13-32-35(22)17-5-2-15(27)3-6-17/h2-11,13,21,24H,12H2,1H3,(H,33,37)/t21-,24+/m1/s1. The van der Waals surface area contributed by atoms with E-state index >= 15 is 0 Å². The van der Waals surface area contributed by atoms with E-state index < -0.39 is 47.3 Å². The summed E-state index contributed by atoms with van der Waals surface area (Å²) >= 11 is 0. The number of fused-ring (bicyclic) bond motifs is 1. The van der Waals surface area contributed by atoms with Gasteiger partial charge in [-0.15, -0.1) is 0 Å². The Labute approximate surface area is 207 Å². The van der Waals surface area contributed by atoms with Gasteiger partial charge in [-0.05, 0) is 48.5 Å². The van der Waals surface area contributed by atoms with Crippen LogP contribution in [0.25, 0.3) is 16.6 Å². The minimum absolute atomic E-state index is 0.140. The number of nitrogens with one attached hydrogen (secondary N) is 1. The van der Waals surface area contributed by atoms with E-state index in [2.05, 4.69) is 10.4 Å². The Morgan fingerprint density at radius 3 is 2.32 bits per heavy atom. The molecule has 1 fully saturated rings. The van der Waals surface area contributed by atoms with Gasteiger partial charge >= 0.3 is 5.92 Å². The quantitative estimate of drug-likeness (QED) is 0.379. The second kappa shape index (κ2) is 8.99. The van der Waals surface area contributed by atoms with Gasteiger partial charge in [-0.1, -0.05) is 6.07 Å². The Balaban J connectivity index is 1.57. The maximum Gasteiger partial charge on any atom is 0.321 e. The van der Waals surface area contributed by atoms with Crippen LogP contribution in [0.2, 0.25) is 0 Å². The third-order valence-electron chi connectivity index (χ3n) is 6.22. The first-order chi connectivity index (χ1) is 17.5. The van der Waals surface area contributed by atoms with Gasteiger partial charge in [0, 0.05) is 36.0 Å². The molecule has 1 N–H and O–H groups in total. The van der Waals surface area contributed by atoms with E-state index in [-0.39, 0.29) is 12.0 Å². The molecule has 0 bridgehead atoms. The van der Waals surface area contributed by atoms with Crippen molar-refractivity contribution in [3.05, 3.63) is 89.9 Å². The number of carbonyl (C=O) groups excluding carboxylic acids is 2. The Morgan fingerprint density at radius 1 is 0.973 bits per heavy atom. The van der Waals surface area contributed by atoms with E-state index in [9.17, 15) is 31.5 Å². The summed E-state index contributed by atoms with van der Waals surface area (Å²) in [6, 6.07) is 10.8. The molecule has 190 valence electrons. The van der Waals surface area contributed by atoms with Crippen molar-refractivity contribution in [3.8, 4) is 5.69 Å². The fourth-order valence-electron chi connectivity index (χ4n) is 4.52. The van der Waals surface area contributed by atoms with Gasteiger partial charge in [0.1, 0.15) is 17.5 Å². The number of amides is 2. The molecule has 0 spiro atoms. The van der Waals surface area contributed by atoms with Crippen LogP contribution < -0.4 is 10.2 Å². The number of nitrogens with zero attached hydrogens (tertiary/aromatic N) is 3. The number of halogens is 5. The molecular formula is C26H19F5N4O2. The van der Waals surface area contributed by atoms with Crippen molar-refractivity contribution in [1.29, 1.82) is 0 Å². The van der Waals surface area contributed by atoms with Gasteiger partial charge in [0.25, 0.3) is 5.91 Å². The summed E-state index contributed by atoms with van der Waals surface area (Å²) in [6.45, 7) is 0.414. The Kier molecular flexibility index (Phi) is 5.93. The first kappa shape index (κ1) is 24.4. The molecule has 37 heavy (non-hydrogen) atoms. The highest BCUT2D eigenvalue weighted by Crippen LogP contribution is 2.40. The maximum atomic E-state index is 14.9. The molecular weight excluding hydrogens is 495 g/mol. The Morgan fingerprint density at radius 2 is 1.65 bits per heavy atom. The van der Waals surface area contributed by atoms with Crippen LogP contribution in [0.15, 0.2) is 66.9 Å². The molecule has 0 aliphatic carbocycles. The molecule has 11 heteroatoms. The number of hydrogen-bond donors (Lipinski definition) is 1. The fourth-order valence-corrected chi connectivity index (χ4v) is 4.52. The zero-order valence-electron chi connectivity index (χ0n) is 19.3. The van der Waals surface area contributed by atoms with Crippen LogP contribution in [0.4, 0.5) is 27.6 Å². The average Bonchev–Trinajstić information content (AvgIpc) is 3.39. The second-order valence-electron chi connectivity index (χ2n) is 8.82. The SMILES string of the molecule is CC(F)(F)C(=O)N[C@@H]1CC(=O)N(c2ccc3c(cnn3-c3ccc(F)cc3)c2)[C@H]1c1ccc(F)cc1F. The zero-order valence-corrected chi connectivity index (χ0v) is 19.3. The van der Waals surface area contributed by atoms with Crippen molar-refractivity contribution in [2.75, 3.05) is 4.90 Å². The van der Waals surface area contributed by atoms with Crippen molar-refractivity contribution in [1.82, 2.24) is 15.1 Å². The molecule has 1 aliphatic heterocycles. The van der Waals surface area contributed by atoms with E-state index in [1.54, 1.807) is 35.0 Å². The number of rotatable bonds is 5. The predicted molar refractivity (Wildman–Crippen MR) is 125 cm³/mol. The number of carbonyl (C=O) groups is 2. The monoisotopic (exact) mass is 514 g/mol. The molecule has 4 aromatic rings. The van der Waals surface area contributed by atoms with Crippen LogP contribution in [0.1, 0.15) is 24.9 Å². The summed E-state index contributed by atoms with van der Waals surface area (Å²) in [6.07, 6.45) is 1.14.